The van der Waals surface area contributed by atoms with Gasteiger partial charge in [0, 0.05) is 18.5 Å². The largest absolute Gasteiger partial charge is 0.489 e. The van der Waals surface area contributed by atoms with Crippen molar-refractivity contribution in [2.24, 2.45) is 0 Å². The third-order valence-corrected chi connectivity index (χ3v) is 5.81. The zero-order chi connectivity index (χ0) is 24.5. The molecule has 0 aliphatic heterocycles. The van der Waals surface area contributed by atoms with Gasteiger partial charge in [-0.15, -0.1) is 0 Å². The van der Waals surface area contributed by atoms with E-state index in [-0.39, 0.29) is 17.7 Å². The molecule has 1 unspecified atom stereocenters. The van der Waals surface area contributed by atoms with E-state index in [9.17, 15) is 9.59 Å². The molecule has 0 spiro atoms. The van der Waals surface area contributed by atoms with E-state index < -0.39 is 6.04 Å². The minimum Gasteiger partial charge on any atom is -0.489 e. The fraction of sp³-hybridized carbons (Fsp3) is 0.133. The van der Waals surface area contributed by atoms with Crippen molar-refractivity contribution in [3.8, 4) is 5.75 Å². The van der Waals surface area contributed by atoms with Crippen LogP contribution >= 0.6 is 0 Å². The Morgan fingerprint density at radius 3 is 1.89 bits per heavy atom. The number of amides is 2. The molecule has 0 fully saturated rings. The number of rotatable bonds is 9. The molecule has 2 amide bonds. The van der Waals surface area contributed by atoms with E-state index in [2.05, 4.69) is 10.6 Å². The maximum absolute atomic E-state index is 13.3. The van der Waals surface area contributed by atoms with Gasteiger partial charge in [-0.3, -0.25) is 9.59 Å². The van der Waals surface area contributed by atoms with Gasteiger partial charge in [0.25, 0.3) is 5.91 Å². The Morgan fingerprint density at radius 1 is 0.743 bits per heavy atom. The van der Waals surface area contributed by atoms with Gasteiger partial charge < -0.3 is 15.4 Å². The highest BCUT2D eigenvalue weighted by Crippen LogP contribution is 2.29. The molecule has 0 bridgehead atoms. The molecule has 0 saturated heterocycles. The monoisotopic (exact) mass is 464 g/mol. The molecule has 0 radical (unpaired) electrons. The Kier molecular flexibility index (Phi) is 7.92. The van der Waals surface area contributed by atoms with Crippen molar-refractivity contribution in [2.75, 3.05) is 7.05 Å². The Bertz CT molecular complexity index is 1200. The van der Waals surface area contributed by atoms with Crippen molar-refractivity contribution in [1.29, 1.82) is 0 Å². The van der Waals surface area contributed by atoms with E-state index in [1.54, 1.807) is 25.2 Å². The first-order valence-corrected chi connectivity index (χ1v) is 11.5. The van der Waals surface area contributed by atoms with E-state index in [0.717, 1.165) is 16.7 Å². The number of benzene rings is 4. The average molecular weight is 465 g/mol. The van der Waals surface area contributed by atoms with Crippen LogP contribution in [0.5, 0.6) is 5.75 Å². The number of hydrogen-bond donors (Lipinski definition) is 2. The first-order valence-electron chi connectivity index (χ1n) is 11.5. The van der Waals surface area contributed by atoms with Crippen molar-refractivity contribution in [2.45, 2.75) is 18.6 Å². The van der Waals surface area contributed by atoms with E-state index in [1.807, 2.05) is 97.1 Å². The molecular weight excluding hydrogens is 436 g/mol. The van der Waals surface area contributed by atoms with Crippen molar-refractivity contribution in [3.05, 3.63) is 138 Å². The predicted octanol–water partition coefficient (Wildman–Crippen LogP) is 4.94. The summed E-state index contributed by atoms with van der Waals surface area (Å²) in [6.07, 6.45) is 0. The Labute approximate surface area is 205 Å². The summed E-state index contributed by atoms with van der Waals surface area (Å²) in [5, 5.41) is 5.69. The summed E-state index contributed by atoms with van der Waals surface area (Å²) < 4.78 is 5.88. The fourth-order valence-electron chi connectivity index (χ4n) is 4.05. The van der Waals surface area contributed by atoms with Crippen molar-refractivity contribution < 1.29 is 14.3 Å². The van der Waals surface area contributed by atoms with Gasteiger partial charge in [-0.2, -0.15) is 0 Å². The summed E-state index contributed by atoms with van der Waals surface area (Å²) in [7, 11) is 1.58. The fourth-order valence-corrected chi connectivity index (χ4v) is 4.05. The molecule has 0 saturated carbocycles. The Morgan fingerprint density at radius 2 is 1.31 bits per heavy atom. The van der Waals surface area contributed by atoms with E-state index in [4.69, 9.17) is 4.74 Å². The molecular formula is C30H28N2O3. The van der Waals surface area contributed by atoms with Gasteiger partial charge in [0.1, 0.15) is 18.4 Å². The Balaban J connectivity index is 1.58. The van der Waals surface area contributed by atoms with Gasteiger partial charge in [0.15, 0.2) is 0 Å². The summed E-state index contributed by atoms with van der Waals surface area (Å²) in [5.41, 5.74) is 3.33. The smallest absolute Gasteiger partial charge is 0.252 e. The number of hydrogen-bond acceptors (Lipinski definition) is 3. The van der Waals surface area contributed by atoms with Crippen LogP contribution in [0.2, 0.25) is 0 Å². The lowest BCUT2D eigenvalue weighted by molar-refractivity contribution is -0.122. The molecule has 0 heterocycles. The third-order valence-electron chi connectivity index (χ3n) is 5.81. The number of likely N-dealkylation sites (N-methyl/N-ethyl adjacent to an activating group) is 1. The second-order valence-electron chi connectivity index (χ2n) is 8.17. The quantitative estimate of drug-likeness (QED) is 0.369. The molecule has 4 aromatic carbocycles. The lowest BCUT2D eigenvalue weighted by Crippen LogP contribution is -2.49. The maximum atomic E-state index is 13.3. The molecule has 0 aliphatic carbocycles. The van der Waals surface area contributed by atoms with Crippen LogP contribution in [0.15, 0.2) is 115 Å². The van der Waals surface area contributed by atoms with Crippen LogP contribution in [0, 0.1) is 0 Å². The molecule has 5 heteroatoms. The van der Waals surface area contributed by atoms with Crippen LogP contribution in [0.4, 0.5) is 0 Å². The molecule has 4 aromatic rings. The van der Waals surface area contributed by atoms with Crippen LogP contribution in [0.3, 0.4) is 0 Å². The minimum absolute atomic E-state index is 0.271. The van der Waals surface area contributed by atoms with Gasteiger partial charge in [0.05, 0.1) is 0 Å². The number of carbonyl (C=O) groups excluding carboxylic acids is 2. The van der Waals surface area contributed by atoms with Crippen LogP contribution in [0.25, 0.3) is 0 Å². The van der Waals surface area contributed by atoms with Crippen molar-refractivity contribution >= 4 is 11.8 Å². The second-order valence-corrected chi connectivity index (χ2v) is 8.17. The molecule has 35 heavy (non-hydrogen) atoms. The van der Waals surface area contributed by atoms with Crippen molar-refractivity contribution in [3.63, 3.8) is 0 Å². The standard InChI is InChI=1S/C30H28N2O3/c1-31-30(34)28(27(23-14-7-3-8-15-23)24-16-9-4-10-17-24)32-29(33)25-18-11-19-26(20-25)35-21-22-12-5-2-6-13-22/h2-20,27-28H,21H2,1H3,(H,31,34)(H,32,33). The third kappa shape index (κ3) is 6.15. The summed E-state index contributed by atoms with van der Waals surface area (Å²) in [5.74, 6) is -0.396. The van der Waals surface area contributed by atoms with Crippen LogP contribution in [-0.4, -0.2) is 24.9 Å². The molecule has 176 valence electrons. The lowest BCUT2D eigenvalue weighted by Gasteiger charge is -2.28. The minimum atomic E-state index is -0.814. The van der Waals surface area contributed by atoms with Gasteiger partial charge in [-0.25, -0.2) is 0 Å². The molecule has 0 aromatic heterocycles. The van der Waals surface area contributed by atoms with Crippen LogP contribution in [0.1, 0.15) is 33.0 Å². The lowest BCUT2D eigenvalue weighted by atomic mass is 9.84. The first-order chi connectivity index (χ1) is 17.2. The normalized spacial score (nSPS) is 11.5. The Hall–Kier alpha value is -4.38. The zero-order valence-electron chi connectivity index (χ0n) is 19.6. The van der Waals surface area contributed by atoms with Crippen molar-refractivity contribution in [1.82, 2.24) is 10.6 Å². The molecule has 1 atom stereocenters. The number of nitrogens with one attached hydrogen (secondary N) is 2. The zero-order valence-corrected chi connectivity index (χ0v) is 19.6. The summed E-state index contributed by atoms with van der Waals surface area (Å²) >= 11 is 0. The van der Waals surface area contributed by atoms with Crippen LogP contribution < -0.4 is 15.4 Å². The van der Waals surface area contributed by atoms with Gasteiger partial charge in [-0.05, 0) is 34.9 Å². The second kappa shape index (κ2) is 11.7. The maximum Gasteiger partial charge on any atom is 0.252 e. The van der Waals surface area contributed by atoms with E-state index in [0.29, 0.717) is 17.9 Å². The SMILES string of the molecule is CNC(=O)C(NC(=O)c1cccc(OCc2ccccc2)c1)C(c1ccccc1)c1ccccc1. The highest BCUT2D eigenvalue weighted by Gasteiger charge is 2.32. The summed E-state index contributed by atoms with van der Waals surface area (Å²) in [4.78, 5) is 26.4. The van der Waals surface area contributed by atoms with Crippen LogP contribution in [-0.2, 0) is 11.4 Å². The summed E-state index contributed by atoms with van der Waals surface area (Å²) in [6, 6.07) is 35.5. The van der Waals surface area contributed by atoms with Gasteiger partial charge in [-0.1, -0.05) is 97.1 Å². The molecule has 5 nitrogen and oxygen atoms in total. The molecule has 0 aliphatic rings. The summed E-state index contributed by atoms with van der Waals surface area (Å²) in [6.45, 7) is 0.400. The number of carbonyl (C=O) groups is 2. The van der Waals surface area contributed by atoms with E-state index in [1.165, 1.54) is 0 Å². The van der Waals surface area contributed by atoms with Gasteiger partial charge >= 0.3 is 0 Å². The highest BCUT2D eigenvalue weighted by atomic mass is 16.5. The van der Waals surface area contributed by atoms with E-state index >= 15 is 0 Å². The topological polar surface area (TPSA) is 67.4 Å². The highest BCUT2D eigenvalue weighted by molar-refractivity contribution is 5.98. The molecule has 4 rings (SSSR count). The van der Waals surface area contributed by atoms with Gasteiger partial charge in [0.2, 0.25) is 5.91 Å². The predicted molar refractivity (Wildman–Crippen MR) is 137 cm³/mol. The number of ether oxygens (including phenoxy) is 1. The first kappa shape index (κ1) is 23.8. The molecule has 2 N–H and O–H groups in total. The average Bonchev–Trinajstić information content (AvgIpc) is 2.93.